The predicted molar refractivity (Wildman–Crippen MR) is 77.7 cm³/mol. The first-order chi connectivity index (χ1) is 8.52. The molecule has 18 heavy (non-hydrogen) atoms. The summed E-state index contributed by atoms with van der Waals surface area (Å²) in [5, 5.41) is 12.0. The van der Waals surface area contributed by atoms with Gasteiger partial charge in [-0.25, -0.2) is 4.98 Å². The Morgan fingerprint density at radius 3 is 2.89 bits per heavy atom. The van der Waals surface area contributed by atoms with Crippen LogP contribution in [0, 0.1) is 6.92 Å². The average Bonchev–Trinajstić information content (AvgIpc) is 2.37. The molecule has 0 saturated carbocycles. The molecule has 1 heterocycles. The molecule has 1 atom stereocenters. The summed E-state index contributed by atoms with van der Waals surface area (Å²) in [7, 11) is 1.97. The maximum Gasteiger partial charge on any atom is 0.174 e. The van der Waals surface area contributed by atoms with E-state index in [1.165, 1.54) is 0 Å². The third kappa shape index (κ3) is 3.07. The van der Waals surface area contributed by atoms with Crippen LogP contribution in [0.1, 0.15) is 18.1 Å². The Hall–Kier alpha value is -1.43. The third-order valence-electron chi connectivity index (χ3n) is 2.91. The van der Waals surface area contributed by atoms with Gasteiger partial charge in [0.05, 0.1) is 5.56 Å². The van der Waals surface area contributed by atoms with Crippen LogP contribution in [0.15, 0.2) is 17.4 Å². The van der Waals surface area contributed by atoms with Gasteiger partial charge in [-0.3, -0.25) is 0 Å². The summed E-state index contributed by atoms with van der Waals surface area (Å²) in [5.74, 6) is 1.83. The van der Waals surface area contributed by atoms with Crippen molar-refractivity contribution in [1.29, 1.82) is 0 Å². The zero-order chi connectivity index (χ0) is 13.7. The fourth-order valence-electron chi connectivity index (χ4n) is 1.74. The van der Waals surface area contributed by atoms with Gasteiger partial charge >= 0.3 is 0 Å². The molecule has 5 nitrogen and oxygen atoms in total. The van der Waals surface area contributed by atoms with Gasteiger partial charge in [-0.15, -0.1) is 0 Å². The molecule has 0 aliphatic carbocycles. The molecule has 3 N–H and O–H groups in total. The van der Waals surface area contributed by atoms with Crippen molar-refractivity contribution in [2.75, 3.05) is 24.0 Å². The Morgan fingerprint density at radius 1 is 1.67 bits per heavy atom. The minimum atomic E-state index is 0.0961. The number of pyridine rings is 1. The molecule has 1 aromatic rings. The van der Waals surface area contributed by atoms with E-state index in [2.05, 4.69) is 28.2 Å². The van der Waals surface area contributed by atoms with Crippen LogP contribution >= 0.6 is 11.8 Å². The van der Waals surface area contributed by atoms with Crippen LogP contribution in [0.5, 0.6) is 0 Å². The van der Waals surface area contributed by atoms with Gasteiger partial charge in [0.1, 0.15) is 5.82 Å². The number of amidine groups is 1. The van der Waals surface area contributed by atoms with E-state index in [1.54, 1.807) is 18.0 Å². The standard InChI is InChI=1S/C12H20N4OS/c1-8-5-6-14-12(10(8)11(13)15-17)16(3)9(2)7-18-4/h5-6,9,17H,7H2,1-4H3,(H2,13,15). The molecule has 0 saturated heterocycles. The molecule has 100 valence electrons. The number of anilines is 1. The van der Waals surface area contributed by atoms with Gasteiger partial charge in [-0.05, 0) is 31.7 Å². The van der Waals surface area contributed by atoms with Crippen LogP contribution in [0.3, 0.4) is 0 Å². The highest BCUT2D eigenvalue weighted by Crippen LogP contribution is 2.22. The van der Waals surface area contributed by atoms with Crippen molar-refractivity contribution in [1.82, 2.24) is 4.98 Å². The molecule has 0 bridgehead atoms. The maximum atomic E-state index is 8.87. The SMILES string of the molecule is CSCC(C)N(C)c1nccc(C)c1/C(N)=N/O. The second kappa shape index (κ2) is 6.49. The fourth-order valence-corrected chi connectivity index (χ4v) is 2.45. The van der Waals surface area contributed by atoms with Gasteiger partial charge < -0.3 is 15.8 Å². The third-order valence-corrected chi connectivity index (χ3v) is 3.72. The molecule has 1 rings (SSSR count). The number of oxime groups is 1. The van der Waals surface area contributed by atoms with Crippen LogP contribution in [-0.2, 0) is 0 Å². The lowest BCUT2D eigenvalue weighted by Crippen LogP contribution is -2.34. The molecule has 0 spiro atoms. The summed E-state index contributed by atoms with van der Waals surface area (Å²) >= 11 is 1.78. The number of hydrogen-bond donors (Lipinski definition) is 2. The normalized spacial score (nSPS) is 13.4. The highest BCUT2D eigenvalue weighted by atomic mass is 32.2. The molecule has 1 aromatic heterocycles. The van der Waals surface area contributed by atoms with Crippen molar-refractivity contribution >= 4 is 23.4 Å². The number of aryl methyl sites for hydroxylation is 1. The molecule has 1 unspecified atom stereocenters. The molecule has 0 aliphatic heterocycles. The first-order valence-corrected chi connectivity index (χ1v) is 7.07. The lowest BCUT2D eigenvalue weighted by Gasteiger charge is -2.27. The average molecular weight is 268 g/mol. The van der Waals surface area contributed by atoms with E-state index in [0.29, 0.717) is 11.6 Å². The number of thioether (sulfide) groups is 1. The summed E-state index contributed by atoms with van der Waals surface area (Å²) in [4.78, 5) is 6.41. The number of hydrogen-bond acceptors (Lipinski definition) is 5. The van der Waals surface area contributed by atoms with Gasteiger partial charge in [-0.1, -0.05) is 5.16 Å². The fraction of sp³-hybridized carbons (Fsp3) is 0.500. The zero-order valence-electron chi connectivity index (χ0n) is 11.2. The van der Waals surface area contributed by atoms with E-state index in [9.17, 15) is 0 Å². The van der Waals surface area contributed by atoms with E-state index in [0.717, 1.165) is 17.1 Å². The van der Waals surface area contributed by atoms with E-state index < -0.39 is 0 Å². The van der Waals surface area contributed by atoms with Crippen LogP contribution in [0.25, 0.3) is 0 Å². The summed E-state index contributed by atoms with van der Waals surface area (Å²) < 4.78 is 0. The largest absolute Gasteiger partial charge is 0.409 e. The second-order valence-corrected chi connectivity index (χ2v) is 5.14. The van der Waals surface area contributed by atoms with Crippen molar-refractivity contribution in [2.45, 2.75) is 19.9 Å². The first-order valence-electron chi connectivity index (χ1n) is 5.68. The second-order valence-electron chi connectivity index (χ2n) is 4.23. The van der Waals surface area contributed by atoms with Crippen molar-refractivity contribution in [3.8, 4) is 0 Å². The van der Waals surface area contributed by atoms with E-state index in [1.807, 2.05) is 20.0 Å². The van der Waals surface area contributed by atoms with E-state index >= 15 is 0 Å². The summed E-state index contributed by atoms with van der Waals surface area (Å²) in [6, 6.07) is 2.17. The van der Waals surface area contributed by atoms with Gasteiger partial charge in [-0.2, -0.15) is 11.8 Å². The Morgan fingerprint density at radius 2 is 2.33 bits per heavy atom. The van der Waals surface area contributed by atoms with Crippen molar-refractivity contribution < 1.29 is 5.21 Å². The highest BCUT2D eigenvalue weighted by Gasteiger charge is 2.18. The smallest absolute Gasteiger partial charge is 0.174 e. The first kappa shape index (κ1) is 14.6. The predicted octanol–water partition coefficient (Wildman–Crippen LogP) is 1.67. The Balaban J connectivity index is 3.20. The van der Waals surface area contributed by atoms with Crippen LogP contribution in [0.4, 0.5) is 5.82 Å². The quantitative estimate of drug-likeness (QED) is 0.368. The number of nitrogens with two attached hydrogens (primary N) is 1. The Labute approximate surface area is 112 Å². The maximum absolute atomic E-state index is 8.87. The summed E-state index contributed by atoms with van der Waals surface area (Å²) in [5.41, 5.74) is 7.37. The monoisotopic (exact) mass is 268 g/mol. The molecule has 0 aromatic carbocycles. The molecule has 6 heteroatoms. The molecule has 0 fully saturated rings. The van der Waals surface area contributed by atoms with E-state index in [4.69, 9.17) is 10.9 Å². The Kier molecular flexibility index (Phi) is 5.27. The molecule has 0 amide bonds. The van der Waals surface area contributed by atoms with Crippen molar-refractivity contribution in [3.63, 3.8) is 0 Å². The summed E-state index contributed by atoms with van der Waals surface area (Å²) in [6.07, 6.45) is 3.81. The minimum absolute atomic E-state index is 0.0961. The van der Waals surface area contributed by atoms with Gasteiger partial charge in [0.25, 0.3) is 0 Å². The lowest BCUT2D eigenvalue weighted by molar-refractivity contribution is 0.318. The van der Waals surface area contributed by atoms with Crippen molar-refractivity contribution in [2.24, 2.45) is 10.9 Å². The van der Waals surface area contributed by atoms with Gasteiger partial charge in [0.2, 0.25) is 0 Å². The molecule has 0 radical (unpaired) electrons. The molecular weight excluding hydrogens is 248 g/mol. The minimum Gasteiger partial charge on any atom is -0.409 e. The number of nitrogens with zero attached hydrogens (tertiary/aromatic N) is 3. The topological polar surface area (TPSA) is 74.7 Å². The van der Waals surface area contributed by atoms with E-state index in [-0.39, 0.29) is 5.84 Å². The number of aromatic nitrogens is 1. The zero-order valence-corrected chi connectivity index (χ0v) is 12.0. The Bertz CT molecular complexity index is 436. The van der Waals surface area contributed by atoms with Crippen molar-refractivity contribution in [3.05, 3.63) is 23.4 Å². The van der Waals surface area contributed by atoms with Crippen LogP contribution in [-0.4, -0.2) is 41.1 Å². The van der Waals surface area contributed by atoms with Crippen LogP contribution < -0.4 is 10.6 Å². The number of rotatable bonds is 5. The van der Waals surface area contributed by atoms with Gasteiger partial charge in [0, 0.05) is 25.0 Å². The highest BCUT2D eigenvalue weighted by molar-refractivity contribution is 7.98. The molecule has 0 aliphatic rings. The lowest BCUT2D eigenvalue weighted by atomic mass is 10.1. The van der Waals surface area contributed by atoms with Crippen LogP contribution in [0.2, 0.25) is 0 Å². The van der Waals surface area contributed by atoms with Gasteiger partial charge in [0.15, 0.2) is 5.84 Å². The summed E-state index contributed by atoms with van der Waals surface area (Å²) in [6.45, 7) is 4.04. The molecular formula is C12H20N4OS.